The van der Waals surface area contributed by atoms with Gasteiger partial charge < -0.3 is 19.8 Å². The molecule has 0 aliphatic carbocycles. The SMILES string of the molecule is CC(C)n1cnc(-c2ccc(F)cc2)c1-c1ncc(C(=O)Nc2ccc(N3CC4CCC(C3)N4C)cc2)[nH]1. The molecule has 4 aromatic rings. The highest BCUT2D eigenvalue weighted by Gasteiger charge is 2.37. The summed E-state index contributed by atoms with van der Waals surface area (Å²) < 4.78 is 15.5. The lowest BCUT2D eigenvalue weighted by Gasteiger charge is -2.40. The van der Waals surface area contributed by atoms with Crippen molar-refractivity contribution in [2.24, 2.45) is 0 Å². The van der Waals surface area contributed by atoms with Crippen molar-refractivity contribution in [1.82, 2.24) is 24.4 Å². The Morgan fingerprint density at radius 3 is 2.37 bits per heavy atom. The second-order valence-electron chi connectivity index (χ2n) is 10.6. The fourth-order valence-electron chi connectivity index (χ4n) is 5.64. The highest BCUT2D eigenvalue weighted by atomic mass is 19.1. The van der Waals surface area contributed by atoms with E-state index < -0.39 is 0 Å². The number of halogens is 1. The molecule has 4 heterocycles. The summed E-state index contributed by atoms with van der Waals surface area (Å²) in [6.07, 6.45) is 5.81. The summed E-state index contributed by atoms with van der Waals surface area (Å²) in [5.74, 6) is -0.0481. The Labute approximate surface area is 221 Å². The fourth-order valence-corrected chi connectivity index (χ4v) is 5.64. The molecule has 2 aliphatic rings. The summed E-state index contributed by atoms with van der Waals surface area (Å²) in [4.78, 5) is 30.3. The first-order valence-electron chi connectivity index (χ1n) is 13.1. The maximum absolute atomic E-state index is 13.5. The molecule has 2 aromatic carbocycles. The zero-order valence-corrected chi connectivity index (χ0v) is 21.9. The lowest BCUT2D eigenvalue weighted by molar-refractivity contribution is 0.102. The average molecular weight is 514 g/mol. The van der Waals surface area contributed by atoms with Crippen molar-refractivity contribution in [2.45, 2.75) is 44.8 Å². The van der Waals surface area contributed by atoms with Gasteiger partial charge in [-0.15, -0.1) is 0 Å². The number of aromatic nitrogens is 4. The van der Waals surface area contributed by atoms with Crippen LogP contribution in [0, 0.1) is 5.82 Å². The molecule has 2 N–H and O–H groups in total. The Bertz CT molecular complexity index is 1430. The van der Waals surface area contributed by atoms with E-state index >= 15 is 0 Å². The Morgan fingerprint density at radius 2 is 1.71 bits per heavy atom. The molecule has 2 atom stereocenters. The van der Waals surface area contributed by atoms with Crippen LogP contribution < -0.4 is 10.2 Å². The van der Waals surface area contributed by atoms with Gasteiger partial charge in [0, 0.05) is 48.2 Å². The van der Waals surface area contributed by atoms with Crippen LogP contribution in [-0.4, -0.2) is 62.5 Å². The van der Waals surface area contributed by atoms with E-state index in [1.54, 1.807) is 18.5 Å². The van der Waals surface area contributed by atoms with Gasteiger partial charge in [0.15, 0.2) is 5.82 Å². The molecule has 6 rings (SSSR count). The van der Waals surface area contributed by atoms with E-state index in [-0.39, 0.29) is 17.8 Å². The standard InChI is InChI=1S/C29H32FN7O/c1-18(2)37-17-32-26(19-4-6-20(30)7-5-19)27(37)28-31-14-25(34-28)29(38)33-21-8-10-22(11-9-21)36-15-23-12-13-24(16-36)35(23)3/h4-11,14,17-18,23-24H,12-13,15-16H2,1-3H3,(H,31,34)(H,33,38). The molecule has 1 amide bonds. The van der Waals surface area contributed by atoms with Crippen LogP contribution in [-0.2, 0) is 0 Å². The molecule has 2 bridgehead atoms. The molecule has 8 nitrogen and oxygen atoms in total. The third-order valence-electron chi connectivity index (χ3n) is 7.85. The van der Waals surface area contributed by atoms with E-state index in [9.17, 15) is 9.18 Å². The molecule has 0 saturated carbocycles. The first-order chi connectivity index (χ1) is 18.4. The maximum Gasteiger partial charge on any atom is 0.273 e. The second kappa shape index (κ2) is 9.72. The lowest BCUT2D eigenvalue weighted by atomic mass is 10.1. The van der Waals surface area contributed by atoms with E-state index in [1.165, 1.54) is 36.9 Å². The fraction of sp³-hybridized carbons (Fsp3) is 0.345. The quantitative estimate of drug-likeness (QED) is 0.371. The van der Waals surface area contributed by atoms with Crippen LogP contribution in [0.4, 0.5) is 15.8 Å². The van der Waals surface area contributed by atoms with Gasteiger partial charge in [-0.1, -0.05) is 0 Å². The van der Waals surface area contributed by atoms with Gasteiger partial charge in [-0.05, 0) is 82.3 Å². The van der Waals surface area contributed by atoms with Crippen LogP contribution >= 0.6 is 0 Å². The molecule has 0 spiro atoms. The Hall–Kier alpha value is -3.98. The zero-order valence-electron chi connectivity index (χ0n) is 21.9. The van der Waals surface area contributed by atoms with Crippen LogP contribution in [0.25, 0.3) is 22.8 Å². The van der Waals surface area contributed by atoms with Crippen molar-refractivity contribution in [1.29, 1.82) is 0 Å². The predicted molar refractivity (Wildman–Crippen MR) is 147 cm³/mol. The monoisotopic (exact) mass is 513 g/mol. The number of nitrogens with one attached hydrogen (secondary N) is 2. The first kappa shape index (κ1) is 24.4. The van der Waals surface area contributed by atoms with E-state index in [0.29, 0.717) is 29.3 Å². The van der Waals surface area contributed by atoms with E-state index in [2.05, 4.69) is 49.2 Å². The van der Waals surface area contributed by atoms with Gasteiger partial charge in [0.25, 0.3) is 5.91 Å². The molecule has 2 fully saturated rings. The number of anilines is 2. The van der Waals surface area contributed by atoms with E-state index in [0.717, 1.165) is 30.0 Å². The number of amides is 1. The van der Waals surface area contributed by atoms with Crippen molar-refractivity contribution in [3.63, 3.8) is 0 Å². The van der Waals surface area contributed by atoms with Crippen LogP contribution in [0.15, 0.2) is 61.1 Å². The number of nitrogens with zero attached hydrogens (tertiary/aromatic N) is 5. The minimum atomic E-state index is -0.306. The Balaban J connectivity index is 1.19. The van der Waals surface area contributed by atoms with Crippen molar-refractivity contribution >= 4 is 17.3 Å². The van der Waals surface area contributed by atoms with Crippen LogP contribution in [0.5, 0.6) is 0 Å². The number of carbonyl (C=O) groups excluding carboxylic acids is 1. The largest absolute Gasteiger partial charge is 0.368 e. The summed E-state index contributed by atoms with van der Waals surface area (Å²) in [5, 5.41) is 2.97. The summed E-state index contributed by atoms with van der Waals surface area (Å²) in [7, 11) is 2.24. The number of benzene rings is 2. The van der Waals surface area contributed by atoms with Crippen LogP contribution in [0.3, 0.4) is 0 Å². The third-order valence-corrected chi connectivity index (χ3v) is 7.85. The third kappa shape index (κ3) is 4.47. The minimum Gasteiger partial charge on any atom is -0.368 e. The summed E-state index contributed by atoms with van der Waals surface area (Å²) in [6, 6.07) is 15.6. The second-order valence-corrected chi connectivity index (χ2v) is 10.6. The predicted octanol–water partition coefficient (Wildman–Crippen LogP) is 5.20. The number of piperazine rings is 1. The molecule has 0 radical (unpaired) electrons. The van der Waals surface area contributed by atoms with E-state index in [1.807, 2.05) is 30.5 Å². The van der Waals surface area contributed by atoms with Gasteiger partial charge in [-0.3, -0.25) is 9.69 Å². The zero-order chi connectivity index (χ0) is 26.4. The molecule has 9 heteroatoms. The Kier molecular flexibility index (Phi) is 6.23. The number of aromatic amines is 1. The van der Waals surface area contributed by atoms with Gasteiger partial charge in [0.05, 0.1) is 18.2 Å². The number of carbonyl (C=O) groups is 1. The molecule has 2 saturated heterocycles. The van der Waals surface area contributed by atoms with Gasteiger partial charge >= 0.3 is 0 Å². The molecule has 2 aliphatic heterocycles. The number of fused-ring (bicyclic) bond motifs is 2. The normalized spacial score (nSPS) is 19.3. The summed E-state index contributed by atoms with van der Waals surface area (Å²) in [6.45, 7) is 6.19. The van der Waals surface area contributed by atoms with Crippen LogP contribution in [0.1, 0.15) is 43.2 Å². The van der Waals surface area contributed by atoms with Crippen molar-refractivity contribution < 1.29 is 9.18 Å². The number of imidazole rings is 2. The minimum absolute atomic E-state index is 0.114. The average Bonchev–Trinajstić information content (AvgIpc) is 3.61. The summed E-state index contributed by atoms with van der Waals surface area (Å²) >= 11 is 0. The van der Waals surface area contributed by atoms with Crippen molar-refractivity contribution in [2.75, 3.05) is 30.4 Å². The lowest BCUT2D eigenvalue weighted by Crippen LogP contribution is -2.52. The van der Waals surface area contributed by atoms with Gasteiger partial charge in [0.1, 0.15) is 17.2 Å². The summed E-state index contributed by atoms with van der Waals surface area (Å²) in [5.41, 5.74) is 4.46. The molecule has 2 aromatic heterocycles. The van der Waals surface area contributed by atoms with Crippen molar-refractivity contribution in [3.8, 4) is 22.8 Å². The smallest absolute Gasteiger partial charge is 0.273 e. The molecule has 38 heavy (non-hydrogen) atoms. The van der Waals surface area contributed by atoms with Gasteiger partial charge in [-0.25, -0.2) is 14.4 Å². The topological polar surface area (TPSA) is 82.1 Å². The Morgan fingerprint density at radius 1 is 1.03 bits per heavy atom. The highest BCUT2D eigenvalue weighted by molar-refractivity contribution is 6.03. The molecular formula is C29H32FN7O. The maximum atomic E-state index is 13.5. The van der Waals surface area contributed by atoms with Crippen molar-refractivity contribution in [3.05, 3.63) is 72.6 Å². The number of likely N-dealkylation sites (N-methyl/N-ethyl adjacent to an activating group) is 1. The van der Waals surface area contributed by atoms with E-state index in [4.69, 9.17) is 0 Å². The molecule has 196 valence electrons. The number of H-pyrrole nitrogens is 1. The first-order valence-corrected chi connectivity index (χ1v) is 13.1. The number of hydrogen-bond acceptors (Lipinski definition) is 5. The number of hydrogen-bond donors (Lipinski definition) is 2. The number of rotatable bonds is 6. The van der Waals surface area contributed by atoms with Crippen LogP contribution in [0.2, 0.25) is 0 Å². The highest BCUT2D eigenvalue weighted by Crippen LogP contribution is 2.33. The molecule has 2 unspecified atom stereocenters. The van der Waals surface area contributed by atoms with Gasteiger partial charge in [-0.2, -0.15) is 0 Å². The van der Waals surface area contributed by atoms with Gasteiger partial charge in [0.2, 0.25) is 0 Å². The molecular weight excluding hydrogens is 481 g/mol.